The number of halogens is 1. The van der Waals surface area contributed by atoms with Crippen LogP contribution in [0.25, 0.3) is 11.4 Å². The highest BCUT2D eigenvalue weighted by Crippen LogP contribution is 2.14. The van der Waals surface area contributed by atoms with Gasteiger partial charge in [-0.3, -0.25) is 0 Å². The molecule has 0 saturated carbocycles. The average molecular weight is 195 g/mol. The molecule has 2 rings (SSSR count). The van der Waals surface area contributed by atoms with Crippen molar-refractivity contribution in [1.82, 2.24) is 9.97 Å². The summed E-state index contributed by atoms with van der Waals surface area (Å²) in [4.78, 5) is 8.27. The first-order valence-corrected chi connectivity index (χ1v) is 4.33. The van der Waals surface area contributed by atoms with Gasteiger partial charge in [-0.25, -0.2) is 9.97 Å². The van der Waals surface area contributed by atoms with E-state index in [2.05, 4.69) is 9.97 Å². The number of furan rings is 1. The molecule has 0 aliphatic heterocycles. The fraction of sp³-hybridized carbons (Fsp3) is 0.111. The highest BCUT2D eigenvalue weighted by atomic mass is 35.5. The molecule has 0 spiro atoms. The number of aromatic nitrogens is 2. The Morgan fingerprint density at radius 1 is 1.31 bits per heavy atom. The summed E-state index contributed by atoms with van der Waals surface area (Å²) in [6, 6.07) is 1.82. The van der Waals surface area contributed by atoms with Crippen molar-refractivity contribution in [3.8, 4) is 11.4 Å². The lowest BCUT2D eigenvalue weighted by Gasteiger charge is -1.95. The van der Waals surface area contributed by atoms with Crippen molar-refractivity contribution in [3.05, 3.63) is 36.5 Å². The molecule has 66 valence electrons. The molecule has 0 aliphatic carbocycles. The summed E-state index contributed by atoms with van der Waals surface area (Å²) < 4.78 is 4.92. The highest BCUT2D eigenvalue weighted by Gasteiger charge is 2.01. The molecule has 0 atom stereocenters. The van der Waals surface area contributed by atoms with Gasteiger partial charge >= 0.3 is 0 Å². The van der Waals surface area contributed by atoms with Crippen LogP contribution in [0.5, 0.6) is 0 Å². The molecule has 0 saturated heterocycles. The minimum atomic E-state index is 0.436. The molecule has 0 radical (unpaired) electrons. The average Bonchev–Trinajstić information content (AvgIpc) is 2.71. The second kappa shape index (κ2) is 3.58. The zero-order chi connectivity index (χ0) is 9.10. The van der Waals surface area contributed by atoms with Crippen LogP contribution in [0.1, 0.15) is 5.56 Å². The normalized spacial score (nSPS) is 10.2. The van der Waals surface area contributed by atoms with E-state index >= 15 is 0 Å². The summed E-state index contributed by atoms with van der Waals surface area (Å²) in [6.07, 6.45) is 6.62. The number of rotatable bonds is 2. The molecule has 0 aliphatic rings. The first kappa shape index (κ1) is 8.26. The maximum Gasteiger partial charge on any atom is 0.162 e. The molecule has 2 aromatic rings. The van der Waals surface area contributed by atoms with E-state index in [1.807, 2.05) is 6.07 Å². The Kier molecular flexibility index (Phi) is 2.27. The second-order valence-corrected chi connectivity index (χ2v) is 2.83. The Hall–Kier alpha value is -1.35. The molecule has 0 aromatic carbocycles. The molecule has 0 fully saturated rings. The SMILES string of the molecule is ClCc1cnc(-c2ccoc2)nc1. The van der Waals surface area contributed by atoms with Crippen LogP contribution in [0.3, 0.4) is 0 Å². The predicted octanol–water partition coefficient (Wildman–Crippen LogP) is 2.48. The van der Waals surface area contributed by atoms with Crippen LogP contribution < -0.4 is 0 Å². The third-order valence-corrected chi connectivity index (χ3v) is 1.95. The van der Waals surface area contributed by atoms with Gasteiger partial charge in [0.2, 0.25) is 0 Å². The van der Waals surface area contributed by atoms with Crippen molar-refractivity contribution in [3.63, 3.8) is 0 Å². The summed E-state index contributed by atoms with van der Waals surface area (Å²) in [5.41, 5.74) is 1.79. The van der Waals surface area contributed by atoms with Gasteiger partial charge in [-0.2, -0.15) is 0 Å². The third-order valence-electron chi connectivity index (χ3n) is 1.64. The number of alkyl halides is 1. The van der Waals surface area contributed by atoms with Crippen LogP contribution in [-0.2, 0) is 5.88 Å². The van der Waals surface area contributed by atoms with Crippen LogP contribution >= 0.6 is 11.6 Å². The Morgan fingerprint density at radius 2 is 2.08 bits per heavy atom. The van der Waals surface area contributed by atoms with Gasteiger partial charge < -0.3 is 4.42 Å². The van der Waals surface area contributed by atoms with E-state index in [9.17, 15) is 0 Å². The van der Waals surface area contributed by atoms with E-state index in [0.717, 1.165) is 11.1 Å². The zero-order valence-corrected chi connectivity index (χ0v) is 7.53. The standard InChI is InChI=1S/C9H7ClN2O/c10-3-7-4-11-9(12-5-7)8-1-2-13-6-8/h1-2,4-6H,3H2. The molecule has 0 N–H and O–H groups in total. The highest BCUT2D eigenvalue weighted by molar-refractivity contribution is 6.17. The van der Waals surface area contributed by atoms with Gasteiger partial charge in [-0.05, 0) is 6.07 Å². The summed E-state index contributed by atoms with van der Waals surface area (Å²) in [5.74, 6) is 1.09. The van der Waals surface area contributed by atoms with Crippen molar-refractivity contribution in [1.29, 1.82) is 0 Å². The first-order valence-electron chi connectivity index (χ1n) is 3.79. The van der Waals surface area contributed by atoms with Gasteiger partial charge in [-0.1, -0.05) is 0 Å². The summed E-state index contributed by atoms with van der Waals surface area (Å²) in [5, 5.41) is 0. The minimum Gasteiger partial charge on any atom is -0.472 e. The zero-order valence-electron chi connectivity index (χ0n) is 6.77. The van der Waals surface area contributed by atoms with Gasteiger partial charge in [-0.15, -0.1) is 11.6 Å². The van der Waals surface area contributed by atoms with Crippen LogP contribution in [0.4, 0.5) is 0 Å². The van der Waals surface area contributed by atoms with Crippen molar-refractivity contribution in [2.45, 2.75) is 5.88 Å². The monoisotopic (exact) mass is 194 g/mol. The summed E-state index contributed by atoms with van der Waals surface area (Å²) >= 11 is 5.61. The molecule has 3 nitrogen and oxygen atoms in total. The number of hydrogen-bond acceptors (Lipinski definition) is 3. The Labute approximate surface area is 80.4 Å². The second-order valence-electron chi connectivity index (χ2n) is 2.56. The third kappa shape index (κ3) is 1.70. The Morgan fingerprint density at radius 3 is 2.62 bits per heavy atom. The minimum absolute atomic E-state index is 0.436. The number of hydrogen-bond donors (Lipinski definition) is 0. The molecule has 0 bridgehead atoms. The summed E-state index contributed by atoms with van der Waals surface area (Å²) in [6.45, 7) is 0. The molecule has 13 heavy (non-hydrogen) atoms. The fourth-order valence-electron chi connectivity index (χ4n) is 0.965. The van der Waals surface area contributed by atoms with E-state index in [0.29, 0.717) is 11.7 Å². The van der Waals surface area contributed by atoms with E-state index in [-0.39, 0.29) is 0 Å². The van der Waals surface area contributed by atoms with Crippen LogP contribution in [0, 0.1) is 0 Å². The maximum absolute atomic E-state index is 5.61. The first-order chi connectivity index (χ1) is 6.40. The quantitative estimate of drug-likeness (QED) is 0.690. The molecule has 0 unspecified atom stereocenters. The topological polar surface area (TPSA) is 38.9 Å². The van der Waals surface area contributed by atoms with Gasteiger partial charge in [0.25, 0.3) is 0 Å². The molecule has 4 heteroatoms. The number of nitrogens with zero attached hydrogens (tertiary/aromatic N) is 2. The largest absolute Gasteiger partial charge is 0.472 e. The van der Waals surface area contributed by atoms with E-state index in [1.165, 1.54) is 0 Å². The van der Waals surface area contributed by atoms with Gasteiger partial charge in [0.05, 0.1) is 17.7 Å². The molecule has 2 aromatic heterocycles. The lowest BCUT2D eigenvalue weighted by atomic mass is 10.3. The smallest absolute Gasteiger partial charge is 0.162 e. The van der Waals surface area contributed by atoms with Crippen molar-refractivity contribution >= 4 is 11.6 Å². The Balaban J connectivity index is 2.33. The van der Waals surface area contributed by atoms with Crippen molar-refractivity contribution < 1.29 is 4.42 Å². The summed E-state index contributed by atoms with van der Waals surface area (Å²) in [7, 11) is 0. The van der Waals surface area contributed by atoms with E-state index in [1.54, 1.807) is 24.9 Å². The predicted molar refractivity (Wildman–Crippen MR) is 49.3 cm³/mol. The van der Waals surface area contributed by atoms with Crippen LogP contribution in [0.2, 0.25) is 0 Å². The van der Waals surface area contributed by atoms with Crippen molar-refractivity contribution in [2.75, 3.05) is 0 Å². The van der Waals surface area contributed by atoms with Crippen LogP contribution in [-0.4, -0.2) is 9.97 Å². The van der Waals surface area contributed by atoms with Crippen LogP contribution in [0.15, 0.2) is 35.4 Å². The van der Waals surface area contributed by atoms with E-state index in [4.69, 9.17) is 16.0 Å². The molecular formula is C9H7ClN2O. The van der Waals surface area contributed by atoms with Gasteiger partial charge in [0.15, 0.2) is 5.82 Å². The lowest BCUT2D eigenvalue weighted by Crippen LogP contribution is -1.88. The molecule has 0 amide bonds. The van der Waals surface area contributed by atoms with E-state index < -0.39 is 0 Å². The van der Waals surface area contributed by atoms with Gasteiger partial charge in [0, 0.05) is 18.0 Å². The van der Waals surface area contributed by atoms with Gasteiger partial charge in [0.1, 0.15) is 6.26 Å². The fourth-order valence-corrected chi connectivity index (χ4v) is 1.10. The lowest BCUT2D eigenvalue weighted by molar-refractivity contribution is 0.568. The maximum atomic E-state index is 5.61. The van der Waals surface area contributed by atoms with Crippen molar-refractivity contribution in [2.24, 2.45) is 0 Å². The molecular weight excluding hydrogens is 188 g/mol. The Bertz CT molecular complexity index is 369. The molecule has 2 heterocycles.